The zero-order chi connectivity index (χ0) is 13.2. The van der Waals surface area contributed by atoms with Gasteiger partial charge in [-0.2, -0.15) is 0 Å². The van der Waals surface area contributed by atoms with Crippen LogP contribution in [0.4, 0.5) is 22.0 Å². The molecule has 0 spiro atoms. The van der Waals surface area contributed by atoms with Crippen molar-refractivity contribution in [3.63, 3.8) is 0 Å². The number of alkyl halides is 6. The highest BCUT2D eigenvalue weighted by molar-refractivity contribution is 14.1. The number of hydrogen-bond donors (Lipinski definition) is 0. The normalized spacial score (nSPS) is 12.0. The Morgan fingerprint density at radius 1 is 1.41 bits per heavy atom. The van der Waals surface area contributed by atoms with Gasteiger partial charge in [-0.3, -0.25) is 0 Å². The van der Waals surface area contributed by atoms with E-state index in [0.717, 1.165) is 6.20 Å². The highest BCUT2D eigenvalue weighted by Crippen LogP contribution is 2.35. The Hall–Kier alpha value is -0.190. The predicted molar refractivity (Wildman–Crippen MR) is 61.2 cm³/mol. The third-order valence-corrected chi connectivity index (χ3v) is 3.12. The monoisotopic (exact) mass is 431 g/mol. The predicted octanol–water partition coefficient (Wildman–Crippen LogP) is 4.42. The van der Waals surface area contributed by atoms with Crippen molar-refractivity contribution in [2.45, 2.75) is 18.1 Å². The van der Waals surface area contributed by atoms with E-state index in [-0.39, 0.29) is 14.5 Å². The Kier molecular flexibility index (Phi) is 4.93. The average molecular weight is 432 g/mol. The van der Waals surface area contributed by atoms with Crippen LogP contribution in [-0.4, -0.2) is 11.3 Å². The summed E-state index contributed by atoms with van der Waals surface area (Å²) in [5.74, 6) is -0.856. The van der Waals surface area contributed by atoms with Crippen LogP contribution in [0.15, 0.2) is 6.20 Å². The van der Waals surface area contributed by atoms with Crippen LogP contribution in [0.5, 0.6) is 5.88 Å². The largest absolute Gasteiger partial charge is 0.574 e. The lowest BCUT2D eigenvalue weighted by atomic mass is 10.1. The number of rotatable bonds is 3. The minimum absolute atomic E-state index is 0.0848. The Morgan fingerprint density at radius 3 is 2.41 bits per heavy atom. The van der Waals surface area contributed by atoms with E-state index in [9.17, 15) is 22.0 Å². The summed E-state index contributed by atoms with van der Waals surface area (Å²) in [6, 6.07) is 0. The molecule has 0 aromatic carbocycles. The van der Waals surface area contributed by atoms with Crippen LogP contribution < -0.4 is 4.74 Å². The molecule has 0 N–H and O–H groups in total. The van der Waals surface area contributed by atoms with Crippen molar-refractivity contribution in [2.24, 2.45) is 0 Å². The van der Waals surface area contributed by atoms with Gasteiger partial charge in [0, 0.05) is 26.2 Å². The highest BCUT2D eigenvalue weighted by Gasteiger charge is 2.34. The summed E-state index contributed by atoms with van der Waals surface area (Å²) in [5.41, 5.74) is -0.805. The number of halogens is 7. The Labute approximate surface area is 115 Å². The second-order valence-electron chi connectivity index (χ2n) is 2.79. The second-order valence-corrected chi connectivity index (χ2v) is 4.51. The molecule has 0 aliphatic rings. The smallest absolute Gasteiger partial charge is 0.388 e. The van der Waals surface area contributed by atoms with Crippen LogP contribution in [-0.2, 0) is 5.33 Å². The summed E-state index contributed by atoms with van der Waals surface area (Å²) >= 11 is 4.42. The number of aromatic nitrogens is 1. The van der Waals surface area contributed by atoms with Gasteiger partial charge in [0.15, 0.2) is 0 Å². The Balaban J connectivity index is 3.28. The van der Waals surface area contributed by atoms with Gasteiger partial charge in [0.1, 0.15) is 0 Å². The second kappa shape index (κ2) is 5.63. The highest BCUT2D eigenvalue weighted by atomic mass is 127. The quantitative estimate of drug-likeness (QED) is 0.401. The van der Waals surface area contributed by atoms with E-state index in [1.165, 1.54) is 0 Å². The van der Waals surface area contributed by atoms with Crippen molar-refractivity contribution < 1.29 is 26.7 Å². The number of pyridine rings is 1. The van der Waals surface area contributed by atoms with Gasteiger partial charge in [-0.05, 0) is 22.6 Å². The van der Waals surface area contributed by atoms with E-state index in [1.54, 1.807) is 22.6 Å². The molecule has 0 unspecified atom stereocenters. The topological polar surface area (TPSA) is 22.1 Å². The summed E-state index contributed by atoms with van der Waals surface area (Å²) in [4.78, 5) is 3.36. The SMILES string of the molecule is FC(F)c1c(I)cnc(OC(F)(F)F)c1CBr. The van der Waals surface area contributed by atoms with Crippen LogP contribution in [0.2, 0.25) is 0 Å². The van der Waals surface area contributed by atoms with Crippen LogP contribution in [0.25, 0.3) is 0 Å². The average Bonchev–Trinajstić information content (AvgIpc) is 2.17. The van der Waals surface area contributed by atoms with Crippen LogP contribution in [0.3, 0.4) is 0 Å². The molecule has 1 heterocycles. The molecule has 0 fully saturated rings. The first-order valence-electron chi connectivity index (χ1n) is 4.03. The zero-order valence-electron chi connectivity index (χ0n) is 7.86. The van der Waals surface area contributed by atoms with Gasteiger partial charge in [-0.15, -0.1) is 13.2 Å². The lowest BCUT2D eigenvalue weighted by molar-refractivity contribution is -0.276. The first-order chi connectivity index (χ1) is 7.76. The van der Waals surface area contributed by atoms with Crippen LogP contribution >= 0.6 is 38.5 Å². The first kappa shape index (κ1) is 14.9. The summed E-state index contributed by atoms with van der Waals surface area (Å²) in [7, 11) is 0. The van der Waals surface area contributed by atoms with Gasteiger partial charge in [0.25, 0.3) is 6.43 Å². The molecule has 1 rings (SSSR count). The van der Waals surface area contributed by atoms with E-state index in [4.69, 9.17) is 0 Å². The maximum absolute atomic E-state index is 12.7. The molecule has 0 atom stereocenters. The van der Waals surface area contributed by atoms with Crippen LogP contribution in [0, 0.1) is 3.57 Å². The minimum atomic E-state index is -4.96. The van der Waals surface area contributed by atoms with Gasteiger partial charge < -0.3 is 4.74 Å². The van der Waals surface area contributed by atoms with E-state index in [1.807, 2.05) is 0 Å². The minimum Gasteiger partial charge on any atom is -0.388 e. The molecule has 1 aromatic heterocycles. The fourth-order valence-electron chi connectivity index (χ4n) is 1.08. The third kappa shape index (κ3) is 3.90. The Morgan fingerprint density at radius 2 is 2.00 bits per heavy atom. The molecular formula is C8H4BrF5INO. The van der Waals surface area contributed by atoms with Gasteiger partial charge in [0.05, 0.1) is 0 Å². The van der Waals surface area contributed by atoms with Gasteiger partial charge in [-0.1, -0.05) is 15.9 Å². The molecule has 0 aliphatic carbocycles. The fraction of sp³-hybridized carbons (Fsp3) is 0.375. The third-order valence-electron chi connectivity index (χ3n) is 1.70. The van der Waals surface area contributed by atoms with Crippen molar-refractivity contribution in [3.8, 4) is 5.88 Å². The van der Waals surface area contributed by atoms with E-state index < -0.39 is 24.2 Å². The molecule has 0 radical (unpaired) electrons. The lowest BCUT2D eigenvalue weighted by Crippen LogP contribution is -2.19. The number of nitrogens with zero attached hydrogens (tertiary/aromatic N) is 1. The van der Waals surface area contributed by atoms with Crippen molar-refractivity contribution >= 4 is 38.5 Å². The molecule has 9 heteroatoms. The van der Waals surface area contributed by atoms with Crippen molar-refractivity contribution in [3.05, 3.63) is 20.9 Å². The standard InChI is InChI=1S/C8H4BrF5INO/c9-1-3-5(6(10)11)4(15)2-16-7(3)17-8(12,13)14/h2,6H,1H2. The molecule has 0 saturated carbocycles. The molecule has 0 bridgehead atoms. The van der Waals surface area contributed by atoms with Gasteiger partial charge in [-0.25, -0.2) is 13.8 Å². The first-order valence-corrected chi connectivity index (χ1v) is 6.23. The molecule has 2 nitrogen and oxygen atoms in total. The summed E-state index contributed by atoms with van der Waals surface area (Å²) in [5, 5.41) is -0.206. The zero-order valence-corrected chi connectivity index (χ0v) is 11.6. The molecule has 17 heavy (non-hydrogen) atoms. The molecular weight excluding hydrogens is 428 g/mol. The summed E-state index contributed by atoms with van der Waals surface area (Å²) < 4.78 is 65.1. The van der Waals surface area contributed by atoms with Gasteiger partial charge >= 0.3 is 6.36 Å². The van der Waals surface area contributed by atoms with Crippen molar-refractivity contribution in [1.29, 1.82) is 0 Å². The van der Waals surface area contributed by atoms with E-state index in [0.29, 0.717) is 0 Å². The fourth-order valence-corrected chi connectivity index (χ4v) is 2.33. The number of hydrogen-bond acceptors (Lipinski definition) is 2. The molecule has 1 aromatic rings. The lowest BCUT2D eigenvalue weighted by Gasteiger charge is -2.15. The molecule has 96 valence electrons. The maximum Gasteiger partial charge on any atom is 0.574 e. The van der Waals surface area contributed by atoms with E-state index >= 15 is 0 Å². The molecule has 0 saturated heterocycles. The van der Waals surface area contributed by atoms with Crippen molar-refractivity contribution in [2.75, 3.05) is 0 Å². The number of ether oxygens (including phenoxy) is 1. The maximum atomic E-state index is 12.7. The van der Waals surface area contributed by atoms with Crippen LogP contribution in [0.1, 0.15) is 17.6 Å². The molecule has 0 aliphatic heterocycles. The molecule has 0 amide bonds. The van der Waals surface area contributed by atoms with E-state index in [2.05, 4.69) is 25.7 Å². The van der Waals surface area contributed by atoms with Crippen molar-refractivity contribution in [1.82, 2.24) is 4.98 Å². The summed E-state index contributed by atoms with van der Waals surface area (Å²) in [6.45, 7) is 0. The Bertz CT molecular complexity index is 412. The van der Waals surface area contributed by atoms with Gasteiger partial charge in [0.2, 0.25) is 5.88 Å². The summed E-state index contributed by atoms with van der Waals surface area (Å²) in [6.07, 6.45) is -6.95.